The molecule has 0 aliphatic heterocycles. The SMILES string of the molecule is CC[C@@H](C)[C@H](NC(N)=O)C(=O)OCC(=O)c1ccc(Cl)cc1. The van der Waals surface area contributed by atoms with Crippen molar-refractivity contribution in [3.8, 4) is 0 Å². The number of halogens is 1. The summed E-state index contributed by atoms with van der Waals surface area (Å²) in [7, 11) is 0. The average Bonchev–Trinajstić information content (AvgIpc) is 2.49. The third kappa shape index (κ3) is 5.37. The molecule has 6 nitrogen and oxygen atoms in total. The zero-order valence-electron chi connectivity index (χ0n) is 12.5. The summed E-state index contributed by atoms with van der Waals surface area (Å²) in [6.07, 6.45) is 0.644. The van der Waals surface area contributed by atoms with E-state index in [4.69, 9.17) is 22.1 Å². The molecule has 1 rings (SSSR count). The highest BCUT2D eigenvalue weighted by molar-refractivity contribution is 6.30. The van der Waals surface area contributed by atoms with E-state index in [0.29, 0.717) is 17.0 Å². The van der Waals surface area contributed by atoms with Gasteiger partial charge in [0.1, 0.15) is 6.04 Å². The zero-order chi connectivity index (χ0) is 16.7. The van der Waals surface area contributed by atoms with Crippen molar-refractivity contribution in [3.05, 3.63) is 34.9 Å². The van der Waals surface area contributed by atoms with Crippen LogP contribution in [0.5, 0.6) is 0 Å². The molecule has 0 heterocycles. The van der Waals surface area contributed by atoms with Crippen molar-refractivity contribution in [1.29, 1.82) is 0 Å². The number of carbonyl (C=O) groups is 3. The highest BCUT2D eigenvalue weighted by Crippen LogP contribution is 2.12. The molecule has 0 spiro atoms. The van der Waals surface area contributed by atoms with Crippen LogP contribution in [0, 0.1) is 5.92 Å². The number of primary amides is 1. The Bertz CT molecular complexity index is 545. The number of urea groups is 1. The van der Waals surface area contributed by atoms with Crippen molar-refractivity contribution < 1.29 is 19.1 Å². The summed E-state index contributed by atoms with van der Waals surface area (Å²) in [5, 5.41) is 2.85. The average molecular weight is 327 g/mol. The van der Waals surface area contributed by atoms with E-state index in [2.05, 4.69) is 5.32 Å². The van der Waals surface area contributed by atoms with Crippen LogP contribution >= 0.6 is 11.6 Å². The second kappa shape index (κ2) is 8.38. The monoisotopic (exact) mass is 326 g/mol. The third-order valence-electron chi connectivity index (χ3n) is 3.28. The number of hydrogen-bond donors (Lipinski definition) is 2. The quantitative estimate of drug-likeness (QED) is 0.592. The van der Waals surface area contributed by atoms with Gasteiger partial charge in [-0.1, -0.05) is 31.9 Å². The Kier molecular flexibility index (Phi) is 6.85. The molecule has 1 aromatic carbocycles. The lowest BCUT2D eigenvalue weighted by molar-refractivity contribution is -0.146. The fourth-order valence-corrected chi connectivity index (χ4v) is 1.89. The molecule has 0 aromatic heterocycles. The minimum absolute atomic E-state index is 0.161. The molecule has 0 aliphatic carbocycles. The van der Waals surface area contributed by atoms with E-state index in [1.165, 1.54) is 0 Å². The Morgan fingerprint density at radius 1 is 1.27 bits per heavy atom. The molecule has 1 aromatic rings. The van der Waals surface area contributed by atoms with Crippen LogP contribution in [0.3, 0.4) is 0 Å². The first-order chi connectivity index (χ1) is 10.3. The fraction of sp³-hybridized carbons (Fsp3) is 0.400. The van der Waals surface area contributed by atoms with Gasteiger partial charge in [-0.25, -0.2) is 9.59 Å². The number of Topliss-reactive ketones (excluding diaryl/α,β-unsaturated/α-hetero) is 1. The highest BCUT2D eigenvalue weighted by Gasteiger charge is 2.27. The number of ketones is 1. The molecule has 2 amide bonds. The van der Waals surface area contributed by atoms with Gasteiger partial charge < -0.3 is 15.8 Å². The van der Waals surface area contributed by atoms with Crippen LogP contribution < -0.4 is 11.1 Å². The van der Waals surface area contributed by atoms with E-state index in [9.17, 15) is 14.4 Å². The smallest absolute Gasteiger partial charge is 0.329 e. The largest absolute Gasteiger partial charge is 0.456 e. The molecule has 22 heavy (non-hydrogen) atoms. The molecule has 0 fully saturated rings. The van der Waals surface area contributed by atoms with Crippen LogP contribution in [0.25, 0.3) is 0 Å². The predicted molar refractivity (Wildman–Crippen MR) is 82.7 cm³/mol. The van der Waals surface area contributed by atoms with Gasteiger partial charge in [-0.05, 0) is 30.2 Å². The Balaban J connectivity index is 2.63. The van der Waals surface area contributed by atoms with Gasteiger partial charge in [0.15, 0.2) is 12.4 Å². The van der Waals surface area contributed by atoms with E-state index < -0.39 is 24.6 Å². The number of benzene rings is 1. The van der Waals surface area contributed by atoms with E-state index >= 15 is 0 Å². The normalized spacial score (nSPS) is 13.0. The number of nitrogens with two attached hydrogens (primary N) is 1. The van der Waals surface area contributed by atoms with Gasteiger partial charge in [-0.2, -0.15) is 0 Å². The standard InChI is InChI=1S/C15H19ClN2O4/c1-3-9(2)13(18-15(17)21)14(20)22-8-12(19)10-4-6-11(16)7-5-10/h4-7,9,13H,3,8H2,1-2H3,(H3,17,18,21)/t9-,13+/m1/s1. The summed E-state index contributed by atoms with van der Waals surface area (Å²) in [6.45, 7) is 3.24. The minimum atomic E-state index is -0.875. The van der Waals surface area contributed by atoms with E-state index in [-0.39, 0.29) is 11.7 Å². The summed E-state index contributed by atoms with van der Waals surface area (Å²) < 4.78 is 4.98. The lowest BCUT2D eigenvalue weighted by Gasteiger charge is -2.21. The second-order valence-electron chi connectivity index (χ2n) is 4.91. The molecule has 0 radical (unpaired) electrons. The Hall–Kier alpha value is -2.08. The molecular formula is C15H19ClN2O4. The minimum Gasteiger partial charge on any atom is -0.456 e. The van der Waals surface area contributed by atoms with Crippen LogP contribution in [-0.4, -0.2) is 30.4 Å². The number of ether oxygens (including phenoxy) is 1. The molecule has 0 saturated carbocycles. The summed E-state index contributed by atoms with van der Waals surface area (Å²) in [5.74, 6) is -1.20. The van der Waals surface area contributed by atoms with Crippen LogP contribution in [0.1, 0.15) is 30.6 Å². The van der Waals surface area contributed by atoms with Crippen molar-refractivity contribution in [2.45, 2.75) is 26.3 Å². The fourth-order valence-electron chi connectivity index (χ4n) is 1.77. The lowest BCUT2D eigenvalue weighted by Crippen LogP contribution is -2.48. The number of esters is 1. The Morgan fingerprint density at radius 3 is 2.36 bits per heavy atom. The Morgan fingerprint density at radius 2 is 1.86 bits per heavy atom. The van der Waals surface area contributed by atoms with Crippen LogP contribution in [0.4, 0.5) is 4.79 Å². The van der Waals surface area contributed by atoms with Gasteiger partial charge in [0.05, 0.1) is 0 Å². The van der Waals surface area contributed by atoms with Gasteiger partial charge >= 0.3 is 12.0 Å². The van der Waals surface area contributed by atoms with Crippen molar-refractivity contribution in [1.82, 2.24) is 5.32 Å². The maximum atomic E-state index is 12.0. The van der Waals surface area contributed by atoms with Crippen LogP contribution in [0.2, 0.25) is 5.02 Å². The number of nitrogens with one attached hydrogen (secondary N) is 1. The van der Waals surface area contributed by atoms with Crippen molar-refractivity contribution in [3.63, 3.8) is 0 Å². The van der Waals surface area contributed by atoms with E-state index in [1.807, 2.05) is 6.92 Å². The zero-order valence-corrected chi connectivity index (χ0v) is 13.2. The van der Waals surface area contributed by atoms with Gasteiger partial charge in [0.25, 0.3) is 0 Å². The van der Waals surface area contributed by atoms with Crippen molar-refractivity contribution in [2.75, 3.05) is 6.61 Å². The lowest BCUT2D eigenvalue weighted by atomic mass is 9.99. The predicted octanol–water partition coefficient (Wildman–Crippen LogP) is 2.15. The summed E-state index contributed by atoms with van der Waals surface area (Å²) in [4.78, 5) is 34.9. The van der Waals surface area contributed by atoms with Crippen molar-refractivity contribution in [2.24, 2.45) is 11.7 Å². The van der Waals surface area contributed by atoms with Crippen LogP contribution in [-0.2, 0) is 9.53 Å². The topological polar surface area (TPSA) is 98.5 Å². The van der Waals surface area contributed by atoms with Gasteiger partial charge in [-0.3, -0.25) is 4.79 Å². The summed E-state index contributed by atoms with van der Waals surface area (Å²) in [6, 6.07) is 4.56. The molecule has 0 unspecified atom stereocenters. The summed E-state index contributed by atoms with van der Waals surface area (Å²) in [5.41, 5.74) is 5.44. The molecule has 3 N–H and O–H groups in total. The molecule has 2 atom stereocenters. The molecule has 0 aliphatic rings. The second-order valence-corrected chi connectivity index (χ2v) is 5.35. The molecule has 7 heteroatoms. The molecular weight excluding hydrogens is 308 g/mol. The third-order valence-corrected chi connectivity index (χ3v) is 3.53. The first-order valence-electron chi connectivity index (χ1n) is 6.86. The van der Waals surface area contributed by atoms with E-state index in [1.54, 1.807) is 31.2 Å². The number of hydrogen-bond acceptors (Lipinski definition) is 4. The van der Waals surface area contributed by atoms with Gasteiger partial charge in [0, 0.05) is 10.6 Å². The van der Waals surface area contributed by atoms with Crippen molar-refractivity contribution >= 4 is 29.4 Å². The van der Waals surface area contributed by atoms with E-state index in [0.717, 1.165) is 0 Å². The molecule has 0 saturated heterocycles. The summed E-state index contributed by atoms with van der Waals surface area (Å²) >= 11 is 5.74. The van der Waals surface area contributed by atoms with Gasteiger partial charge in [-0.15, -0.1) is 0 Å². The maximum absolute atomic E-state index is 12.0. The first kappa shape index (κ1) is 18.0. The number of rotatable bonds is 7. The maximum Gasteiger partial charge on any atom is 0.329 e. The Labute approximate surface area is 134 Å². The number of carbonyl (C=O) groups excluding carboxylic acids is 3. The highest BCUT2D eigenvalue weighted by atomic mass is 35.5. The molecule has 0 bridgehead atoms. The molecule has 120 valence electrons. The first-order valence-corrected chi connectivity index (χ1v) is 7.24. The van der Waals surface area contributed by atoms with Gasteiger partial charge in [0.2, 0.25) is 0 Å². The van der Waals surface area contributed by atoms with Crippen LogP contribution in [0.15, 0.2) is 24.3 Å². The number of amides is 2.